The Bertz CT molecular complexity index is 326. The molecule has 116 valence electrons. The molecule has 1 fully saturated rings. The normalized spacial score (nSPS) is 17.8. The molecule has 0 bridgehead atoms. The number of carbonyl (C=O) groups is 2. The number of carboxylic acid groups (broad SMARTS) is 1. The Morgan fingerprint density at radius 1 is 1.30 bits per heavy atom. The van der Waals surface area contributed by atoms with E-state index in [-0.39, 0.29) is 18.4 Å². The van der Waals surface area contributed by atoms with Crippen LogP contribution in [0.2, 0.25) is 0 Å². The second-order valence-electron chi connectivity index (χ2n) is 6.20. The van der Waals surface area contributed by atoms with E-state index >= 15 is 0 Å². The van der Waals surface area contributed by atoms with Crippen LogP contribution in [0, 0.1) is 11.8 Å². The first-order valence-electron chi connectivity index (χ1n) is 7.52. The molecule has 1 amide bonds. The maximum Gasteiger partial charge on any atom is 0.326 e. The molecule has 5 heteroatoms. The van der Waals surface area contributed by atoms with Crippen LogP contribution in [0.4, 0.5) is 0 Å². The van der Waals surface area contributed by atoms with Gasteiger partial charge < -0.3 is 15.2 Å². The summed E-state index contributed by atoms with van der Waals surface area (Å²) in [6, 6.07) is -0.747. The van der Waals surface area contributed by atoms with Gasteiger partial charge in [0, 0.05) is 6.42 Å². The lowest BCUT2D eigenvalue weighted by molar-refractivity contribution is -0.142. The molecule has 0 saturated heterocycles. The molecule has 0 aromatic rings. The SMILES string of the molecule is CC(C)CC(C)OCCC(=O)NC(CC1CC1)C(=O)O. The zero-order valence-electron chi connectivity index (χ0n) is 12.7. The van der Waals surface area contributed by atoms with Crippen LogP contribution in [0.15, 0.2) is 0 Å². The van der Waals surface area contributed by atoms with Crippen molar-refractivity contribution in [2.75, 3.05) is 6.61 Å². The van der Waals surface area contributed by atoms with E-state index in [2.05, 4.69) is 19.2 Å². The van der Waals surface area contributed by atoms with Crippen LogP contribution in [0.3, 0.4) is 0 Å². The third-order valence-electron chi connectivity index (χ3n) is 3.43. The van der Waals surface area contributed by atoms with Crippen LogP contribution in [-0.2, 0) is 14.3 Å². The molecule has 0 aliphatic heterocycles. The zero-order chi connectivity index (χ0) is 15.1. The van der Waals surface area contributed by atoms with Gasteiger partial charge in [0.25, 0.3) is 0 Å². The molecule has 20 heavy (non-hydrogen) atoms. The van der Waals surface area contributed by atoms with Gasteiger partial charge in [0.2, 0.25) is 5.91 Å². The number of ether oxygens (including phenoxy) is 1. The third kappa shape index (κ3) is 7.48. The van der Waals surface area contributed by atoms with Crippen molar-refractivity contribution in [1.82, 2.24) is 5.32 Å². The van der Waals surface area contributed by atoms with E-state index in [1.54, 1.807) is 0 Å². The standard InChI is InChI=1S/C15H27NO4/c1-10(2)8-11(3)20-7-6-14(17)16-13(15(18)19)9-12-4-5-12/h10-13H,4-9H2,1-3H3,(H,16,17)(H,18,19). The van der Waals surface area contributed by atoms with Crippen molar-refractivity contribution in [2.45, 2.75) is 65.0 Å². The van der Waals surface area contributed by atoms with Crippen molar-refractivity contribution in [3.63, 3.8) is 0 Å². The summed E-state index contributed by atoms with van der Waals surface area (Å²) in [5, 5.41) is 11.6. The Hall–Kier alpha value is -1.10. The summed E-state index contributed by atoms with van der Waals surface area (Å²) in [4.78, 5) is 22.8. The van der Waals surface area contributed by atoms with Crippen molar-refractivity contribution in [3.8, 4) is 0 Å². The van der Waals surface area contributed by atoms with Gasteiger partial charge in [-0.3, -0.25) is 4.79 Å². The minimum atomic E-state index is -0.945. The summed E-state index contributed by atoms with van der Waals surface area (Å²) in [5.74, 6) is -0.151. The molecule has 5 nitrogen and oxygen atoms in total. The molecule has 2 unspecified atom stereocenters. The summed E-state index contributed by atoms with van der Waals surface area (Å²) in [6.45, 7) is 6.59. The monoisotopic (exact) mass is 285 g/mol. The highest BCUT2D eigenvalue weighted by molar-refractivity contribution is 5.83. The number of amides is 1. The number of carbonyl (C=O) groups excluding carboxylic acids is 1. The average molecular weight is 285 g/mol. The van der Waals surface area contributed by atoms with E-state index in [1.165, 1.54) is 0 Å². The predicted molar refractivity (Wildman–Crippen MR) is 76.4 cm³/mol. The van der Waals surface area contributed by atoms with E-state index in [0.717, 1.165) is 19.3 Å². The van der Waals surface area contributed by atoms with Crippen molar-refractivity contribution < 1.29 is 19.4 Å². The summed E-state index contributed by atoms with van der Waals surface area (Å²) in [6.07, 6.45) is 4.01. The predicted octanol–water partition coefficient (Wildman–Crippen LogP) is 2.20. The molecule has 1 aliphatic rings. The van der Waals surface area contributed by atoms with E-state index in [0.29, 0.717) is 24.9 Å². The molecule has 0 spiro atoms. The van der Waals surface area contributed by atoms with Gasteiger partial charge in [-0.2, -0.15) is 0 Å². The summed E-state index contributed by atoms with van der Waals surface area (Å²) < 4.78 is 5.55. The van der Waals surface area contributed by atoms with E-state index in [9.17, 15) is 9.59 Å². The van der Waals surface area contributed by atoms with Crippen LogP contribution in [-0.4, -0.2) is 35.7 Å². The zero-order valence-corrected chi connectivity index (χ0v) is 12.7. The minimum absolute atomic E-state index is 0.129. The first kappa shape index (κ1) is 17.0. The van der Waals surface area contributed by atoms with Crippen molar-refractivity contribution in [2.24, 2.45) is 11.8 Å². The molecular weight excluding hydrogens is 258 g/mol. The van der Waals surface area contributed by atoms with Gasteiger partial charge in [0.15, 0.2) is 0 Å². The Kier molecular flexibility index (Phi) is 6.99. The van der Waals surface area contributed by atoms with Crippen molar-refractivity contribution >= 4 is 11.9 Å². The minimum Gasteiger partial charge on any atom is -0.480 e. The van der Waals surface area contributed by atoms with Crippen LogP contribution >= 0.6 is 0 Å². The van der Waals surface area contributed by atoms with Crippen LogP contribution in [0.25, 0.3) is 0 Å². The molecule has 0 heterocycles. The molecule has 2 N–H and O–H groups in total. The molecule has 1 rings (SSSR count). The van der Waals surface area contributed by atoms with E-state index < -0.39 is 12.0 Å². The Morgan fingerprint density at radius 3 is 2.45 bits per heavy atom. The van der Waals surface area contributed by atoms with Crippen LogP contribution in [0.1, 0.15) is 52.9 Å². The van der Waals surface area contributed by atoms with E-state index in [1.807, 2.05) is 6.92 Å². The first-order valence-corrected chi connectivity index (χ1v) is 7.52. The summed E-state index contributed by atoms with van der Waals surface area (Å²) >= 11 is 0. The second kappa shape index (κ2) is 8.25. The van der Waals surface area contributed by atoms with Gasteiger partial charge >= 0.3 is 5.97 Å². The highest BCUT2D eigenvalue weighted by Crippen LogP contribution is 2.33. The smallest absolute Gasteiger partial charge is 0.326 e. The molecule has 0 radical (unpaired) electrons. The number of hydrogen-bond acceptors (Lipinski definition) is 3. The molecule has 2 atom stereocenters. The average Bonchev–Trinajstić information content (AvgIpc) is 3.10. The van der Waals surface area contributed by atoms with Crippen molar-refractivity contribution in [3.05, 3.63) is 0 Å². The fourth-order valence-corrected chi connectivity index (χ4v) is 2.26. The summed E-state index contributed by atoms with van der Waals surface area (Å²) in [7, 11) is 0. The highest BCUT2D eigenvalue weighted by Gasteiger charge is 2.30. The molecular formula is C15H27NO4. The lowest BCUT2D eigenvalue weighted by Gasteiger charge is -2.16. The fourth-order valence-electron chi connectivity index (χ4n) is 2.26. The van der Waals surface area contributed by atoms with Crippen molar-refractivity contribution in [1.29, 1.82) is 0 Å². The molecule has 0 aromatic heterocycles. The second-order valence-corrected chi connectivity index (χ2v) is 6.20. The maximum absolute atomic E-state index is 11.7. The quantitative estimate of drug-likeness (QED) is 0.645. The third-order valence-corrected chi connectivity index (χ3v) is 3.43. The topological polar surface area (TPSA) is 75.6 Å². The number of nitrogens with one attached hydrogen (secondary N) is 1. The maximum atomic E-state index is 11.7. The Labute approximate surface area is 121 Å². The number of rotatable bonds is 10. The summed E-state index contributed by atoms with van der Waals surface area (Å²) in [5.41, 5.74) is 0. The number of hydrogen-bond donors (Lipinski definition) is 2. The van der Waals surface area contributed by atoms with Gasteiger partial charge in [0.1, 0.15) is 6.04 Å². The van der Waals surface area contributed by atoms with Crippen LogP contribution < -0.4 is 5.32 Å². The number of carboxylic acids is 1. The first-order chi connectivity index (χ1) is 9.38. The lowest BCUT2D eigenvalue weighted by Crippen LogP contribution is -2.41. The van der Waals surface area contributed by atoms with E-state index in [4.69, 9.17) is 9.84 Å². The van der Waals surface area contributed by atoms with Gasteiger partial charge in [-0.1, -0.05) is 26.7 Å². The van der Waals surface area contributed by atoms with Gasteiger partial charge in [-0.15, -0.1) is 0 Å². The molecule has 1 saturated carbocycles. The van der Waals surface area contributed by atoms with Crippen LogP contribution in [0.5, 0.6) is 0 Å². The largest absolute Gasteiger partial charge is 0.480 e. The lowest BCUT2D eigenvalue weighted by atomic mass is 10.1. The fraction of sp³-hybridized carbons (Fsp3) is 0.867. The Morgan fingerprint density at radius 2 is 1.95 bits per heavy atom. The van der Waals surface area contributed by atoms with Gasteiger partial charge in [0.05, 0.1) is 12.7 Å². The molecule has 1 aliphatic carbocycles. The highest BCUT2D eigenvalue weighted by atomic mass is 16.5. The van der Waals surface area contributed by atoms with Gasteiger partial charge in [-0.25, -0.2) is 4.79 Å². The molecule has 0 aromatic carbocycles. The number of aliphatic carboxylic acids is 1. The Balaban J connectivity index is 2.18. The van der Waals surface area contributed by atoms with Gasteiger partial charge in [-0.05, 0) is 31.6 Å².